The van der Waals surface area contributed by atoms with Crippen LogP contribution in [0, 0.1) is 46.9 Å². The number of carbonyl (C=O) groups is 4. The highest BCUT2D eigenvalue weighted by Gasteiger charge is 2.51. The average molecular weight is 909 g/mol. The second-order valence-corrected chi connectivity index (χ2v) is 20.6. The van der Waals surface area contributed by atoms with Crippen molar-refractivity contribution in [3.8, 4) is 0 Å². The zero-order valence-corrected chi connectivity index (χ0v) is 40.6. The Hall–Kier alpha value is -4.72. The minimum atomic E-state index is -0.361. The molecule has 0 saturated heterocycles. The molecule has 0 spiro atoms. The summed E-state index contributed by atoms with van der Waals surface area (Å²) in [6, 6.07) is 25.8. The minimum Gasteiger partial charge on any atom is -0.298 e. The maximum Gasteiger partial charge on any atom is 0.145 e. The highest BCUT2D eigenvalue weighted by Crippen LogP contribution is 2.51. The van der Waals surface area contributed by atoms with Crippen LogP contribution >= 0.6 is 0 Å². The largest absolute Gasteiger partial charge is 0.298 e. The molecule has 0 unspecified atom stereocenters. The van der Waals surface area contributed by atoms with Gasteiger partial charge in [0, 0.05) is 23.7 Å². The molecule has 4 aromatic carbocycles. The maximum atomic E-state index is 13.1. The average Bonchev–Trinajstić information content (AvgIpc) is 3.95. The molecule has 4 saturated carbocycles. The molecule has 8 rings (SSSR count). The molecule has 8 heteroatoms. The molecular formula is C58H72F4O4. The van der Waals surface area contributed by atoms with Crippen LogP contribution in [0.3, 0.4) is 0 Å². The molecule has 0 heterocycles. The van der Waals surface area contributed by atoms with Gasteiger partial charge in [0.15, 0.2) is 0 Å². The lowest BCUT2D eigenvalue weighted by atomic mass is 9.60. The summed E-state index contributed by atoms with van der Waals surface area (Å²) in [4.78, 5) is 49.3. The van der Waals surface area contributed by atoms with E-state index in [-0.39, 0.29) is 74.4 Å². The lowest BCUT2D eigenvalue weighted by molar-refractivity contribution is -0.131. The van der Waals surface area contributed by atoms with Crippen molar-refractivity contribution in [2.45, 2.75) is 167 Å². The van der Waals surface area contributed by atoms with E-state index in [9.17, 15) is 36.7 Å². The number of hydrogen-bond acceptors (Lipinski definition) is 4. The van der Waals surface area contributed by atoms with Crippen LogP contribution in [0.2, 0.25) is 0 Å². The van der Waals surface area contributed by atoms with E-state index in [4.69, 9.17) is 0 Å². The summed E-state index contributed by atoms with van der Waals surface area (Å²) < 4.78 is 51.7. The zero-order valence-electron chi connectivity index (χ0n) is 40.6. The lowest BCUT2D eigenvalue weighted by Crippen LogP contribution is -2.44. The Morgan fingerprint density at radius 2 is 0.485 bits per heavy atom. The SMILES string of the molecule is CC(C)C(=O)C1(c2ccc(F)cc2)CC1.CC(C)C(=O)C1(c2ccc(F)cc2)CCC1.CC(C)C(=O)C1(c2ccc(F)cc2)CCCC1.CC(C)C(=O)C1(c2ccc(F)cc2)CCCCC1. The van der Waals surface area contributed by atoms with Crippen LogP contribution in [0.1, 0.15) is 168 Å². The van der Waals surface area contributed by atoms with E-state index in [1.165, 1.54) is 55.0 Å². The van der Waals surface area contributed by atoms with Gasteiger partial charge in [0.25, 0.3) is 0 Å². The van der Waals surface area contributed by atoms with Gasteiger partial charge in [0.05, 0.1) is 21.7 Å². The van der Waals surface area contributed by atoms with Gasteiger partial charge in [-0.1, -0.05) is 142 Å². The molecule has 4 aliphatic carbocycles. The molecular weight excluding hydrogens is 837 g/mol. The number of hydrogen-bond donors (Lipinski definition) is 0. The molecule has 4 aliphatic rings. The minimum absolute atomic E-state index is 0.0353. The number of halogens is 4. The molecule has 4 nitrogen and oxygen atoms in total. The Morgan fingerprint density at radius 3 is 0.652 bits per heavy atom. The van der Waals surface area contributed by atoms with E-state index in [0.29, 0.717) is 17.3 Å². The Kier molecular flexibility index (Phi) is 17.7. The van der Waals surface area contributed by atoms with Crippen molar-refractivity contribution in [3.05, 3.63) is 143 Å². The van der Waals surface area contributed by atoms with Crippen LogP contribution in [0.15, 0.2) is 97.1 Å². The van der Waals surface area contributed by atoms with Gasteiger partial charge in [-0.05, 0) is 122 Å². The summed E-state index contributed by atoms with van der Waals surface area (Å²) in [5.41, 5.74) is 2.64. The van der Waals surface area contributed by atoms with Gasteiger partial charge in [-0.3, -0.25) is 19.2 Å². The number of Topliss-reactive ketones (excluding diaryl/α,β-unsaturated/α-hetero) is 4. The molecule has 4 aromatic rings. The van der Waals surface area contributed by atoms with Crippen molar-refractivity contribution in [2.75, 3.05) is 0 Å². The fourth-order valence-electron chi connectivity index (χ4n) is 10.8. The van der Waals surface area contributed by atoms with Crippen LogP contribution in [-0.2, 0) is 40.8 Å². The van der Waals surface area contributed by atoms with Crippen molar-refractivity contribution >= 4 is 23.1 Å². The summed E-state index contributed by atoms with van der Waals surface area (Å²) in [6.45, 7) is 15.5. The highest BCUT2D eigenvalue weighted by atomic mass is 19.1. The topological polar surface area (TPSA) is 68.3 Å². The predicted molar refractivity (Wildman–Crippen MR) is 256 cm³/mol. The van der Waals surface area contributed by atoms with Crippen LogP contribution < -0.4 is 0 Å². The van der Waals surface area contributed by atoms with E-state index < -0.39 is 0 Å². The van der Waals surface area contributed by atoms with E-state index in [1.54, 1.807) is 48.5 Å². The normalized spacial score (nSPS) is 18.4. The molecule has 4 fully saturated rings. The van der Waals surface area contributed by atoms with Crippen molar-refractivity contribution in [1.29, 1.82) is 0 Å². The zero-order chi connectivity index (χ0) is 48.5. The third kappa shape index (κ3) is 11.7. The quantitative estimate of drug-likeness (QED) is 0.133. The Morgan fingerprint density at radius 1 is 0.303 bits per heavy atom. The molecule has 0 radical (unpaired) electrons. The van der Waals surface area contributed by atoms with Gasteiger partial charge in [-0.15, -0.1) is 0 Å². The van der Waals surface area contributed by atoms with Gasteiger partial charge in [-0.25, -0.2) is 17.6 Å². The lowest BCUT2D eigenvalue weighted by Gasteiger charge is -2.42. The van der Waals surface area contributed by atoms with Crippen LogP contribution in [0.5, 0.6) is 0 Å². The number of rotatable bonds is 12. The van der Waals surface area contributed by atoms with Gasteiger partial charge < -0.3 is 0 Å². The number of benzene rings is 4. The fraction of sp³-hybridized carbons (Fsp3) is 0.517. The predicted octanol–water partition coefficient (Wildman–Crippen LogP) is 14.7. The van der Waals surface area contributed by atoms with Crippen LogP contribution in [0.4, 0.5) is 17.6 Å². The van der Waals surface area contributed by atoms with E-state index in [0.717, 1.165) is 106 Å². The summed E-state index contributed by atoms with van der Waals surface area (Å²) >= 11 is 0. The Bertz CT molecular complexity index is 2220. The summed E-state index contributed by atoms with van der Waals surface area (Å²) in [7, 11) is 0. The van der Waals surface area contributed by atoms with Crippen molar-refractivity contribution < 1.29 is 36.7 Å². The van der Waals surface area contributed by atoms with Gasteiger partial charge in [-0.2, -0.15) is 0 Å². The molecule has 356 valence electrons. The Balaban J connectivity index is 0.000000165. The number of carbonyl (C=O) groups excluding carboxylic acids is 4. The van der Waals surface area contributed by atoms with E-state index in [2.05, 4.69) is 0 Å². The first-order chi connectivity index (χ1) is 31.2. The van der Waals surface area contributed by atoms with Crippen LogP contribution in [-0.4, -0.2) is 23.1 Å². The first-order valence-corrected chi connectivity index (χ1v) is 24.5. The molecule has 0 atom stereocenters. The maximum absolute atomic E-state index is 13.1. The monoisotopic (exact) mass is 909 g/mol. The molecule has 0 N–H and O–H groups in total. The third-order valence-electron chi connectivity index (χ3n) is 14.7. The van der Waals surface area contributed by atoms with Crippen molar-refractivity contribution in [2.24, 2.45) is 23.7 Å². The van der Waals surface area contributed by atoms with E-state index >= 15 is 0 Å². The standard InChI is InChI=1S/C16H21FO.C15H19FO.C14H17FO.C13H15FO/c1-12(2)15(18)16(10-4-3-5-11-16)13-6-8-14(17)9-7-13;1-11(2)14(17)15(9-3-4-10-15)12-5-7-13(16)8-6-12;1-10(2)13(16)14(8-3-9-14)11-4-6-12(15)7-5-11;1-9(2)12(15)13(7-8-13)10-3-5-11(14)6-4-10/h6-9,12H,3-5,10-11H2,1-2H3;5-8,11H,3-4,9-10H2,1-2H3;4-7,10H,3,8-9H2,1-2H3;3-6,9H,7-8H2,1-2H3. The van der Waals surface area contributed by atoms with E-state index in [1.807, 2.05) is 55.4 Å². The van der Waals surface area contributed by atoms with Gasteiger partial charge in [0.1, 0.15) is 46.4 Å². The van der Waals surface area contributed by atoms with Gasteiger partial charge in [0.2, 0.25) is 0 Å². The molecule has 0 amide bonds. The Labute approximate surface area is 391 Å². The molecule has 0 bridgehead atoms. The molecule has 0 aliphatic heterocycles. The number of ketones is 4. The second-order valence-electron chi connectivity index (χ2n) is 20.6. The molecule has 0 aromatic heterocycles. The summed E-state index contributed by atoms with van der Waals surface area (Å²) in [6.07, 6.45) is 14.0. The van der Waals surface area contributed by atoms with Gasteiger partial charge >= 0.3 is 0 Å². The first-order valence-electron chi connectivity index (χ1n) is 24.5. The summed E-state index contributed by atoms with van der Waals surface area (Å²) in [5, 5.41) is 0. The third-order valence-corrected chi connectivity index (χ3v) is 14.7. The first kappa shape index (κ1) is 52.3. The van der Waals surface area contributed by atoms with Crippen molar-refractivity contribution in [3.63, 3.8) is 0 Å². The van der Waals surface area contributed by atoms with Crippen molar-refractivity contribution in [1.82, 2.24) is 0 Å². The summed E-state index contributed by atoms with van der Waals surface area (Å²) in [5.74, 6) is 0.423. The van der Waals surface area contributed by atoms with Crippen LogP contribution in [0.25, 0.3) is 0 Å². The molecule has 66 heavy (non-hydrogen) atoms. The highest BCUT2D eigenvalue weighted by molar-refractivity contribution is 5.95. The smallest absolute Gasteiger partial charge is 0.145 e. The second kappa shape index (κ2) is 22.4. The fourth-order valence-corrected chi connectivity index (χ4v) is 10.8.